The van der Waals surface area contributed by atoms with Gasteiger partial charge >= 0.3 is 0 Å². The van der Waals surface area contributed by atoms with Crippen LogP contribution in [0.2, 0.25) is 0 Å². The third kappa shape index (κ3) is 1.90. The van der Waals surface area contributed by atoms with Gasteiger partial charge in [-0.15, -0.1) is 0 Å². The summed E-state index contributed by atoms with van der Waals surface area (Å²) < 4.78 is 5.57. The van der Waals surface area contributed by atoms with Gasteiger partial charge in [-0.25, -0.2) is 0 Å². The molecule has 18 heavy (non-hydrogen) atoms. The average Bonchev–Trinajstić information content (AvgIpc) is 2.97. The topological polar surface area (TPSA) is 56.2 Å². The molecular formula is C15H17NO2. The molecule has 3 atom stereocenters. The van der Waals surface area contributed by atoms with Crippen molar-refractivity contribution >= 4 is 16.9 Å². The van der Waals surface area contributed by atoms with E-state index in [4.69, 9.17) is 10.2 Å². The van der Waals surface area contributed by atoms with Gasteiger partial charge in [-0.1, -0.05) is 25.1 Å². The summed E-state index contributed by atoms with van der Waals surface area (Å²) in [6.45, 7) is 2.11. The maximum Gasteiger partial charge on any atom is 0.217 e. The summed E-state index contributed by atoms with van der Waals surface area (Å²) in [5.74, 6) is 1.24. The van der Waals surface area contributed by atoms with Crippen molar-refractivity contribution in [3.63, 3.8) is 0 Å². The summed E-state index contributed by atoms with van der Waals surface area (Å²) in [7, 11) is 0. The predicted molar refractivity (Wildman–Crippen MR) is 70.0 cm³/mol. The number of fused-ring (bicyclic) bond motifs is 1. The Balaban J connectivity index is 1.82. The number of primary amides is 1. The molecule has 94 valence electrons. The Labute approximate surface area is 106 Å². The van der Waals surface area contributed by atoms with Crippen molar-refractivity contribution in [1.29, 1.82) is 0 Å². The average molecular weight is 243 g/mol. The summed E-state index contributed by atoms with van der Waals surface area (Å²) in [4.78, 5) is 11.0. The highest BCUT2D eigenvalue weighted by molar-refractivity contribution is 5.81. The van der Waals surface area contributed by atoms with Crippen LogP contribution in [0, 0.1) is 11.8 Å². The fourth-order valence-corrected chi connectivity index (χ4v) is 2.98. The van der Waals surface area contributed by atoms with Crippen LogP contribution in [-0.4, -0.2) is 5.91 Å². The van der Waals surface area contributed by atoms with Gasteiger partial charge in [0.25, 0.3) is 0 Å². The second-order valence-electron chi connectivity index (χ2n) is 5.34. The van der Waals surface area contributed by atoms with Gasteiger partial charge in [0.1, 0.15) is 5.58 Å². The third-order valence-electron chi connectivity index (χ3n) is 4.00. The Hall–Kier alpha value is -1.77. The number of carbonyl (C=O) groups is 1. The van der Waals surface area contributed by atoms with E-state index < -0.39 is 0 Å². The lowest BCUT2D eigenvalue weighted by molar-refractivity contribution is -0.118. The second kappa shape index (κ2) is 4.16. The first-order chi connectivity index (χ1) is 8.66. The lowest BCUT2D eigenvalue weighted by Crippen LogP contribution is -2.16. The molecule has 0 spiro atoms. The van der Waals surface area contributed by atoms with Crippen LogP contribution >= 0.6 is 0 Å². The second-order valence-corrected chi connectivity index (χ2v) is 5.34. The molecule has 3 unspecified atom stereocenters. The molecule has 3 heteroatoms. The zero-order valence-electron chi connectivity index (χ0n) is 10.4. The predicted octanol–water partition coefficient (Wildman–Crippen LogP) is 3.05. The Morgan fingerprint density at radius 1 is 1.50 bits per heavy atom. The summed E-state index contributed by atoms with van der Waals surface area (Å²) >= 11 is 0. The molecule has 2 N–H and O–H groups in total. The molecule has 3 nitrogen and oxygen atoms in total. The zero-order valence-corrected chi connectivity index (χ0v) is 10.4. The van der Waals surface area contributed by atoms with Gasteiger partial charge in [0.15, 0.2) is 0 Å². The van der Waals surface area contributed by atoms with Crippen LogP contribution in [-0.2, 0) is 4.79 Å². The molecule has 1 heterocycles. The molecule has 1 aromatic heterocycles. The van der Waals surface area contributed by atoms with Crippen LogP contribution in [0.25, 0.3) is 11.0 Å². The molecule has 1 aliphatic rings. The number of furan rings is 1. The zero-order chi connectivity index (χ0) is 12.7. The van der Waals surface area contributed by atoms with Gasteiger partial charge < -0.3 is 10.2 Å². The largest absolute Gasteiger partial charge is 0.464 e. The van der Waals surface area contributed by atoms with Gasteiger partial charge in [0.05, 0.1) is 6.26 Å². The van der Waals surface area contributed by atoms with E-state index in [0.717, 1.165) is 17.4 Å². The van der Waals surface area contributed by atoms with E-state index in [1.54, 1.807) is 6.26 Å². The molecule has 0 bridgehead atoms. The van der Waals surface area contributed by atoms with Crippen molar-refractivity contribution in [3.8, 4) is 0 Å². The highest BCUT2D eigenvalue weighted by Crippen LogP contribution is 2.54. The monoisotopic (exact) mass is 243 g/mol. The molecule has 2 aromatic rings. The van der Waals surface area contributed by atoms with Crippen LogP contribution in [0.1, 0.15) is 31.2 Å². The van der Waals surface area contributed by atoms with Crippen molar-refractivity contribution in [1.82, 2.24) is 0 Å². The van der Waals surface area contributed by atoms with E-state index in [2.05, 4.69) is 25.1 Å². The van der Waals surface area contributed by atoms with Crippen LogP contribution in [0.4, 0.5) is 0 Å². The summed E-state index contributed by atoms with van der Waals surface area (Å²) in [6.07, 6.45) is 3.35. The van der Waals surface area contributed by atoms with E-state index in [-0.39, 0.29) is 5.91 Å². The minimum atomic E-state index is -0.204. The van der Waals surface area contributed by atoms with Crippen LogP contribution in [0.5, 0.6) is 0 Å². The quantitative estimate of drug-likeness (QED) is 0.897. The number of hydrogen-bond donors (Lipinski definition) is 1. The standard InChI is InChI=1S/C15H17NO2/c1-9(7-14(16)17)12-8-13(12)11-4-2-3-10-5-6-18-15(10)11/h2-6,9,12-13H,7-8H2,1H3,(H2,16,17). The Bertz CT molecular complexity index is 587. The number of para-hydroxylation sites is 1. The fraction of sp³-hybridized carbons (Fsp3) is 0.400. The van der Waals surface area contributed by atoms with Crippen molar-refractivity contribution in [2.75, 3.05) is 0 Å². The van der Waals surface area contributed by atoms with Crippen LogP contribution in [0.3, 0.4) is 0 Å². The molecular weight excluding hydrogens is 226 g/mol. The van der Waals surface area contributed by atoms with Crippen molar-refractivity contribution in [3.05, 3.63) is 36.1 Å². The first-order valence-electron chi connectivity index (χ1n) is 6.41. The first-order valence-corrected chi connectivity index (χ1v) is 6.41. The summed E-state index contributed by atoms with van der Waals surface area (Å²) in [5.41, 5.74) is 7.53. The Morgan fingerprint density at radius 2 is 2.33 bits per heavy atom. The molecule has 1 amide bonds. The highest BCUT2D eigenvalue weighted by atomic mass is 16.3. The smallest absolute Gasteiger partial charge is 0.217 e. The fourth-order valence-electron chi connectivity index (χ4n) is 2.98. The normalized spacial score (nSPS) is 24.1. The van der Waals surface area contributed by atoms with Gasteiger partial charge in [0, 0.05) is 11.8 Å². The summed E-state index contributed by atoms with van der Waals surface area (Å²) in [6, 6.07) is 8.25. The van der Waals surface area contributed by atoms with E-state index in [0.29, 0.717) is 24.2 Å². The molecule has 1 aromatic carbocycles. The maximum absolute atomic E-state index is 11.0. The van der Waals surface area contributed by atoms with E-state index in [1.807, 2.05) is 6.07 Å². The minimum Gasteiger partial charge on any atom is -0.464 e. The highest BCUT2D eigenvalue weighted by Gasteiger charge is 2.43. The molecule has 0 radical (unpaired) electrons. The van der Waals surface area contributed by atoms with Gasteiger partial charge in [-0.2, -0.15) is 0 Å². The van der Waals surface area contributed by atoms with Gasteiger partial charge in [-0.05, 0) is 35.8 Å². The minimum absolute atomic E-state index is 0.204. The number of nitrogens with two attached hydrogens (primary N) is 1. The lowest BCUT2D eigenvalue weighted by Gasteiger charge is -2.08. The molecule has 0 aliphatic heterocycles. The summed E-state index contributed by atoms with van der Waals surface area (Å²) in [5, 5.41) is 1.15. The number of rotatable bonds is 4. The van der Waals surface area contributed by atoms with Crippen LogP contribution in [0.15, 0.2) is 34.9 Å². The van der Waals surface area contributed by atoms with Crippen molar-refractivity contribution < 1.29 is 9.21 Å². The number of carbonyl (C=O) groups excluding carboxylic acids is 1. The maximum atomic E-state index is 11.0. The van der Waals surface area contributed by atoms with Gasteiger partial charge in [-0.3, -0.25) is 4.79 Å². The molecule has 1 aliphatic carbocycles. The Kier molecular flexibility index (Phi) is 2.62. The first kappa shape index (κ1) is 11.3. The Morgan fingerprint density at radius 3 is 3.11 bits per heavy atom. The SMILES string of the molecule is CC(CC(N)=O)C1CC1c1cccc2ccoc12. The van der Waals surface area contributed by atoms with E-state index in [1.165, 1.54) is 5.56 Å². The molecule has 1 fully saturated rings. The number of benzene rings is 1. The van der Waals surface area contributed by atoms with Crippen molar-refractivity contribution in [2.24, 2.45) is 17.6 Å². The molecule has 3 rings (SSSR count). The van der Waals surface area contributed by atoms with Crippen molar-refractivity contribution in [2.45, 2.75) is 25.7 Å². The molecule has 1 saturated carbocycles. The van der Waals surface area contributed by atoms with Crippen LogP contribution < -0.4 is 5.73 Å². The van der Waals surface area contributed by atoms with E-state index >= 15 is 0 Å². The number of hydrogen-bond acceptors (Lipinski definition) is 2. The third-order valence-corrected chi connectivity index (χ3v) is 4.00. The molecule has 0 saturated heterocycles. The van der Waals surface area contributed by atoms with Gasteiger partial charge in [0.2, 0.25) is 5.91 Å². The lowest BCUT2D eigenvalue weighted by atomic mass is 9.97. The van der Waals surface area contributed by atoms with E-state index in [9.17, 15) is 4.79 Å². The number of amides is 1.